The molecule has 0 aromatic carbocycles. The van der Waals surface area contributed by atoms with Crippen LogP contribution in [0.1, 0.15) is 6.42 Å². The van der Waals surface area contributed by atoms with Crippen molar-refractivity contribution in [2.45, 2.75) is 18.6 Å². The number of carbonyl (C=O) groups excluding carboxylic acids is 1. The Bertz CT molecular complexity index is 480. The molecule has 2 amide bonds. The summed E-state index contributed by atoms with van der Waals surface area (Å²) in [5.41, 5.74) is 0. The maximum atomic E-state index is 11.9. The van der Waals surface area contributed by atoms with Gasteiger partial charge in [0.1, 0.15) is 6.04 Å². The van der Waals surface area contributed by atoms with E-state index in [2.05, 4.69) is 26.2 Å². The zero-order valence-corrected chi connectivity index (χ0v) is 11.4. The third-order valence-corrected chi connectivity index (χ3v) is 3.91. The van der Waals surface area contributed by atoms with Crippen molar-refractivity contribution in [3.05, 3.63) is 9.98 Å². The van der Waals surface area contributed by atoms with Gasteiger partial charge in [0.2, 0.25) is 0 Å². The highest BCUT2D eigenvalue weighted by molar-refractivity contribution is 9.11. The molecule has 2 heterocycles. The number of aliphatic carboxylic acids is 1. The second-order valence-corrected chi connectivity index (χ2v) is 6.21. The lowest BCUT2D eigenvalue weighted by Gasteiger charge is -2.20. The highest BCUT2D eigenvalue weighted by Crippen LogP contribution is 2.25. The number of carboxylic acid groups (broad SMARTS) is 1. The SMILES string of the molecule is O=C(O)C1CC(O)CN1C(=O)Nc1ncc(Br)s1. The number of carboxylic acids is 1. The van der Waals surface area contributed by atoms with E-state index in [4.69, 9.17) is 5.11 Å². The van der Waals surface area contributed by atoms with Crippen LogP contribution in [-0.2, 0) is 4.79 Å². The summed E-state index contributed by atoms with van der Waals surface area (Å²) >= 11 is 4.43. The number of anilines is 1. The first-order valence-corrected chi connectivity index (χ1v) is 6.68. The van der Waals surface area contributed by atoms with Gasteiger partial charge < -0.3 is 15.1 Å². The molecule has 0 radical (unpaired) electrons. The van der Waals surface area contributed by atoms with Gasteiger partial charge in [-0.3, -0.25) is 5.32 Å². The van der Waals surface area contributed by atoms with Gasteiger partial charge in [-0.05, 0) is 15.9 Å². The number of aromatic nitrogens is 1. The Morgan fingerprint density at radius 3 is 2.89 bits per heavy atom. The summed E-state index contributed by atoms with van der Waals surface area (Å²) in [5, 5.41) is 21.3. The minimum atomic E-state index is -1.12. The smallest absolute Gasteiger partial charge is 0.326 e. The molecule has 1 aromatic heterocycles. The molecular formula is C9H10BrN3O4S. The molecule has 9 heteroatoms. The van der Waals surface area contributed by atoms with Crippen LogP contribution >= 0.6 is 27.3 Å². The van der Waals surface area contributed by atoms with Crippen molar-refractivity contribution < 1.29 is 19.8 Å². The van der Waals surface area contributed by atoms with Crippen LogP contribution in [0, 0.1) is 0 Å². The van der Waals surface area contributed by atoms with Crippen molar-refractivity contribution in [3.63, 3.8) is 0 Å². The van der Waals surface area contributed by atoms with Gasteiger partial charge >= 0.3 is 12.0 Å². The number of aliphatic hydroxyl groups is 1. The molecular weight excluding hydrogens is 326 g/mol. The first-order chi connectivity index (χ1) is 8.47. The number of amides is 2. The molecule has 18 heavy (non-hydrogen) atoms. The number of nitrogens with zero attached hydrogens (tertiary/aromatic N) is 2. The number of halogens is 1. The van der Waals surface area contributed by atoms with E-state index in [9.17, 15) is 14.7 Å². The Labute approximate surface area is 115 Å². The fraction of sp³-hybridized carbons (Fsp3) is 0.444. The topological polar surface area (TPSA) is 103 Å². The quantitative estimate of drug-likeness (QED) is 0.746. The van der Waals surface area contributed by atoms with Gasteiger partial charge in [-0.15, -0.1) is 0 Å². The van der Waals surface area contributed by atoms with Crippen LogP contribution in [0.25, 0.3) is 0 Å². The average molecular weight is 336 g/mol. The van der Waals surface area contributed by atoms with Crippen LogP contribution in [0.4, 0.5) is 9.93 Å². The normalized spacial score (nSPS) is 23.1. The van der Waals surface area contributed by atoms with Gasteiger partial charge in [-0.25, -0.2) is 14.6 Å². The summed E-state index contributed by atoms with van der Waals surface area (Å²) in [6, 6.07) is -1.57. The third kappa shape index (κ3) is 2.79. The zero-order valence-electron chi connectivity index (χ0n) is 9.04. The van der Waals surface area contributed by atoms with Crippen LogP contribution in [0.2, 0.25) is 0 Å². The molecule has 98 valence electrons. The standard InChI is InChI=1S/C9H10BrN3O4S/c10-6-2-11-8(18-6)12-9(17)13-3-4(14)1-5(13)7(15)16/h2,4-5,14H,1,3H2,(H,15,16)(H,11,12,17). The number of urea groups is 1. The van der Waals surface area contributed by atoms with Gasteiger partial charge in [0.15, 0.2) is 5.13 Å². The molecule has 0 spiro atoms. The number of thiazole rings is 1. The van der Waals surface area contributed by atoms with Crippen molar-refractivity contribution in [3.8, 4) is 0 Å². The number of hydrogen-bond donors (Lipinski definition) is 3. The lowest BCUT2D eigenvalue weighted by Crippen LogP contribution is -2.43. The predicted octanol–water partition coefficient (Wildman–Crippen LogP) is 0.957. The fourth-order valence-corrected chi connectivity index (χ4v) is 2.84. The number of carbonyl (C=O) groups is 2. The summed E-state index contributed by atoms with van der Waals surface area (Å²) < 4.78 is 0.758. The molecule has 1 aliphatic rings. The van der Waals surface area contributed by atoms with Crippen molar-refractivity contribution in [1.29, 1.82) is 0 Å². The molecule has 3 N–H and O–H groups in total. The Balaban J connectivity index is 2.06. The van der Waals surface area contributed by atoms with Crippen molar-refractivity contribution in [2.75, 3.05) is 11.9 Å². The maximum Gasteiger partial charge on any atom is 0.326 e. The average Bonchev–Trinajstić information content (AvgIpc) is 2.85. The summed E-state index contributed by atoms with van der Waals surface area (Å²) in [4.78, 5) is 27.9. The molecule has 1 fully saturated rings. The molecule has 0 aliphatic carbocycles. The van der Waals surface area contributed by atoms with E-state index < -0.39 is 24.1 Å². The van der Waals surface area contributed by atoms with E-state index in [1.807, 2.05) is 0 Å². The molecule has 2 atom stereocenters. The number of likely N-dealkylation sites (tertiary alicyclic amines) is 1. The molecule has 1 aliphatic heterocycles. The van der Waals surface area contributed by atoms with E-state index in [1.165, 1.54) is 17.5 Å². The van der Waals surface area contributed by atoms with Gasteiger partial charge in [0, 0.05) is 13.0 Å². The second kappa shape index (κ2) is 5.21. The van der Waals surface area contributed by atoms with Crippen molar-refractivity contribution in [1.82, 2.24) is 9.88 Å². The van der Waals surface area contributed by atoms with Crippen LogP contribution in [0.3, 0.4) is 0 Å². The molecule has 1 aromatic rings. The molecule has 2 unspecified atom stereocenters. The van der Waals surface area contributed by atoms with E-state index in [1.54, 1.807) is 0 Å². The number of hydrogen-bond acceptors (Lipinski definition) is 5. The van der Waals surface area contributed by atoms with E-state index in [0.29, 0.717) is 5.13 Å². The number of aliphatic hydroxyl groups excluding tert-OH is 1. The Morgan fingerprint density at radius 1 is 1.61 bits per heavy atom. The lowest BCUT2D eigenvalue weighted by molar-refractivity contribution is -0.141. The van der Waals surface area contributed by atoms with Crippen LogP contribution in [0.15, 0.2) is 9.98 Å². The highest BCUT2D eigenvalue weighted by Gasteiger charge is 2.39. The van der Waals surface area contributed by atoms with Gasteiger partial charge in [0.05, 0.1) is 16.1 Å². The number of nitrogens with one attached hydrogen (secondary N) is 1. The minimum absolute atomic E-state index is 0.00927. The van der Waals surface area contributed by atoms with E-state index in [-0.39, 0.29) is 13.0 Å². The molecule has 7 nitrogen and oxygen atoms in total. The maximum absolute atomic E-state index is 11.9. The van der Waals surface area contributed by atoms with Gasteiger partial charge in [0.25, 0.3) is 0 Å². The monoisotopic (exact) mass is 335 g/mol. The highest BCUT2D eigenvalue weighted by atomic mass is 79.9. The van der Waals surface area contributed by atoms with Gasteiger partial charge in [-0.1, -0.05) is 11.3 Å². The minimum Gasteiger partial charge on any atom is -0.480 e. The van der Waals surface area contributed by atoms with Crippen molar-refractivity contribution >= 4 is 44.4 Å². The van der Waals surface area contributed by atoms with Crippen LogP contribution in [-0.4, -0.2) is 50.8 Å². The summed E-state index contributed by atoms with van der Waals surface area (Å²) in [7, 11) is 0. The van der Waals surface area contributed by atoms with Crippen LogP contribution < -0.4 is 5.32 Å². The predicted molar refractivity (Wildman–Crippen MR) is 67.6 cm³/mol. The number of β-amino-alcohol motifs (C(OH)–C–C–N with tert-alkyl or cyclic N) is 1. The van der Waals surface area contributed by atoms with Crippen LogP contribution in [0.5, 0.6) is 0 Å². The first kappa shape index (κ1) is 13.2. The largest absolute Gasteiger partial charge is 0.480 e. The third-order valence-electron chi connectivity index (χ3n) is 2.52. The lowest BCUT2D eigenvalue weighted by atomic mass is 10.2. The first-order valence-electron chi connectivity index (χ1n) is 5.07. The second-order valence-electron chi connectivity index (χ2n) is 3.80. The Hall–Kier alpha value is -1.19. The summed E-state index contributed by atoms with van der Waals surface area (Å²) in [6.07, 6.45) is 0.776. The van der Waals surface area contributed by atoms with E-state index >= 15 is 0 Å². The fourth-order valence-electron chi connectivity index (χ4n) is 1.75. The van der Waals surface area contributed by atoms with E-state index in [0.717, 1.165) is 8.69 Å². The van der Waals surface area contributed by atoms with Gasteiger partial charge in [-0.2, -0.15) is 0 Å². The Kier molecular flexibility index (Phi) is 3.83. The summed E-state index contributed by atoms with van der Waals surface area (Å²) in [6.45, 7) is 0.00927. The number of rotatable bonds is 2. The molecule has 0 bridgehead atoms. The zero-order chi connectivity index (χ0) is 13.3. The van der Waals surface area contributed by atoms with Crippen molar-refractivity contribution in [2.24, 2.45) is 0 Å². The molecule has 2 rings (SSSR count). The summed E-state index contributed by atoms with van der Waals surface area (Å²) in [5.74, 6) is -1.12. The Morgan fingerprint density at radius 2 is 2.33 bits per heavy atom. The molecule has 1 saturated heterocycles. The molecule has 0 saturated carbocycles.